The van der Waals surface area contributed by atoms with Gasteiger partial charge in [0.15, 0.2) is 0 Å². The van der Waals surface area contributed by atoms with E-state index >= 15 is 0 Å². The van der Waals surface area contributed by atoms with Gasteiger partial charge in [-0.05, 0) is 37.1 Å². The van der Waals surface area contributed by atoms with E-state index in [1.807, 2.05) is 36.4 Å². The van der Waals surface area contributed by atoms with Gasteiger partial charge >= 0.3 is 0 Å². The van der Waals surface area contributed by atoms with E-state index in [0.29, 0.717) is 35.3 Å². The van der Waals surface area contributed by atoms with E-state index in [1.165, 1.54) is 0 Å². The summed E-state index contributed by atoms with van der Waals surface area (Å²) < 4.78 is 16.3. The minimum absolute atomic E-state index is 0.100. The van der Waals surface area contributed by atoms with Gasteiger partial charge in [0.05, 0.1) is 25.3 Å². The number of amides is 1. The smallest absolute Gasteiger partial charge is 0.258 e. The van der Waals surface area contributed by atoms with Crippen LogP contribution in [0.1, 0.15) is 35.1 Å². The second-order valence-electron chi connectivity index (χ2n) is 6.51. The molecule has 1 aliphatic rings. The maximum absolute atomic E-state index is 13.1. The van der Waals surface area contributed by atoms with Gasteiger partial charge in [-0.25, -0.2) is 0 Å². The first-order valence-electron chi connectivity index (χ1n) is 9.14. The number of para-hydroxylation sites is 2. The summed E-state index contributed by atoms with van der Waals surface area (Å²) in [5, 5.41) is 4.11. The highest BCUT2D eigenvalue weighted by atomic mass is 16.5. The summed E-state index contributed by atoms with van der Waals surface area (Å²) in [4.78, 5) is 19.5. The molecular weight excluding hydrogens is 358 g/mol. The molecular formula is C21H21N3O4. The van der Waals surface area contributed by atoms with Crippen LogP contribution in [0.25, 0.3) is 11.4 Å². The van der Waals surface area contributed by atoms with Gasteiger partial charge in [-0.15, -0.1) is 0 Å². The van der Waals surface area contributed by atoms with Gasteiger partial charge in [0, 0.05) is 6.54 Å². The summed E-state index contributed by atoms with van der Waals surface area (Å²) >= 11 is 0. The van der Waals surface area contributed by atoms with Crippen molar-refractivity contribution >= 4 is 5.91 Å². The fraction of sp³-hybridized carbons (Fsp3) is 0.286. The topological polar surface area (TPSA) is 77.7 Å². The molecule has 1 atom stereocenters. The molecule has 1 aliphatic heterocycles. The quantitative estimate of drug-likeness (QED) is 0.672. The van der Waals surface area contributed by atoms with E-state index in [9.17, 15) is 4.79 Å². The third kappa shape index (κ3) is 3.19. The summed E-state index contributed by atoms with van der Waals surface area (Å²) in [6, 6.07) is 14.5. The van der Waals surface area contributed by atoms with Gasteiger partial charge in [0.25, 0.3) is 5.91 Å². The average molecular weight is 379 g/mol. The van der Waals surface area contributed by atoms with Crippen LogP contribution in [0, 0.1) is 0 Å². The van der Waals surface area contributed by atoms with Crippen molar-refractivity contribution in [1.29, 1.82) is 0 Å². The van der Waals surface area contributed by atoms with Crippen molar-refractivity contribution in [3.8, 4) is 22.9 Å². The third-order valence-corrected chi connectivity index (χ3v) is 4.93. The van der Waals surface area contributed by atoms with Crippen LogP contribution in [-0.2, 0) is 0 Å². The first kappa shape index (κ1) is 18.0. The normalized spacial score (nSPS) is 16.2. The fourth-order valence-corrected chi connectivity index (χ4v) is 3.55. The zero-order valence-electron chi connectivity index (χ0n) is 15.8. The van der Waals surface area contributed by atoms with Crippen molar-refractivity contribution < 1.29 is 18.8 Å². The highest BCUT2D eigenvalue weighted by molar-refractivity contribution is 5.97. The number of methoxy groups -OCH3 is 2. The maximum atomic E-state index is 13.1. The first-order valence-corrected chi connectivity index (χ1v) is 9.14. The zero-order chi connectivity index (χ0) is 19.5. The molecule has 2 aromatic carbocycles. The van der Waals surface area contributed by atoms with Crippen molar-refractivity contribution in [1.82, 2.24) is 15.0 Å². The number of rotatable bonds is 5. The Kier molecular flexibility index (Phi) is 4.97. The van der Waals surface area contributed by atoms with Gasteiger partial charge < -0.3 is 18.9 Å². The molecule has 3 aromatic rings. The molecule has 1 unspecified atom stereocenters. The van der Waals surface area contributed by atoms with E-state index in [4.69, 9.17) is 14.0 Å². The molecule has 2 heterocycles. The van der Waals surface area contributed by atoms with Crippen LogP contribution in [-0.4, -0.2) is 41.7 Å². The van der Waals surface area contributed by atoms with Crippen LogP contribution in [0.3, 0.4) is 0 Å². The molecule has 1 aromatic heterocycles. The standard InChI is InChI=1S/C21H21N3O4/c1-26-17-11-5-3-8-14(17)19-22-20(28-23-19)16-10-7-13-24(16)21(25)15-9-4-6-12-18(15)27-2/h3-6,8-9,11-12,16H,7,10,13H2,1-2H3. The predicted octanol–water partition coefficient (Wildman–Crippen LogP) is 3.73. The van der Waals surface area contributed by atoms with Crippen molar-refractivity contribution in [2.75, 3.05) is 20.8 Å². The molecule has 7 nitrogen and oxygen atoms in total. The molecule has 0 aliphatic carbocycles. The summed E-state index contributed by atoms with van der Waals surface area (Å²) in [6.45, 7) is 0.633. The number of likely N-dealkylation sites (tertiary alicyclic amines) is 1. The molecule has 0 N–H and O–H groups in total. The highest BCUT2D eigenvalue weighted by Crippen LogP contribution is 2.35. The molecule has 0 radical (unpaired) electrons. The Balaban J connectivity index is 1.63. The molecule has 28 heavy (non-hydrogen) atoms. The van der Waals surface area contributed by atoms with Gasteiger partial charge in [0.1, 0.15) is 17.5 Å². The van der Waals surface area contributed by atoms with Crippen molar-refractivity contribution in [2.24, 2.45) is 0 Å². The van der Waals surface area contributed by atoms with Crippen LogP contribution in [0.5, 0.6) is 11.5 Å². The van der Waals surface area contributed by atoms with Crippen LogP contribution >= 0.6 is 0 Å². The number of aromatic nitrogens is 2. The maximum Gasteiger partial charge on any atom is 0.258 e. The Bertz CT molecular complexity index is 985. The molecule has 7 heteroatoms. The lowest BCUT2D eigenvalue weighted by molar-refractivity contribution is 0.0706. The van der Waals surface area contributed by atoms with E-state index < -0.39 is 0 Å². The van der Waals surface area contributed by atoms with Gasteiger partial charge in [0.2, 0.25) is 11.7 Å². The lowest BCUT2D eigenvalue weighted by Crippen LogP contribution is -2.31. The van der Waals surface area contributed by atoms with E-state index in [0.717, 1.165) is 18.4 Å². The molecule has 1 fully saturated rings. The molecule has 4 rings (SSSR count). The van der Waals surface area contributed by atoms with Gasteiger partial charge in [-0.2, -0.15) is 4.98 Å². The molecule has 144 valence electrons. The molecule has 0 saturated carbocycles. The van der Waals surface area contributed by atoms with Crippen LogP contribution in [0.2, 0.25) is 0 Å². The lowest BCUT2D eigenvalue weighted by Gasteiger charge is -2.22. The SMILES string of the molecule is COc1ccccc1C(=O)N1CCCC1c1nc(-c2ccccc2OC)no1. The summed E-state index contributed by atoms with van der Waals surface area (Å²) in [5.41, 5.74) is 1.28. The Morgan fingerprint density at radius 1 is 1.07 bits per heavy atom. The highest BCUT2D eigenvalue weighted by Gasteiger charge is 2.35. The summed E-state index contributed by atoms with van der Waals surface area (Å²) in [7, 11) is 3.16. The van der Waals surface area contributed by atoms with Gasteiger partial charge in [-0.1, -0.05) is 29.4 Å². The first-order chi connectivity index (χ1) is 13.7. The number of benzene rings is 2. The summed E-state index contributed by atoms with van der Waals surface area (Å²) in [6.07, 6.45) is 1.65. The number of ether oxygens (including phenoxy) is 2. The average Bonchev–Trinajstić information content (AvgIpc) is 3.42. The largest absolute Gasteiger partial charge is 0.496 e. The molecule has 1 saturated heterocycles. The van der Waals surface area contributed by atoms with Crippen LogP contribution < -0.4 is 9.47 Å². The van der Waals surface area contributed by atoms with E-state index in [1.54, 1.807) is 31.3 Å². The van der Waals surface area contributed by atoms with Crippen molar-refractivity contribution in [2.45, 2.75) is 18.9 Å². The van der Waals surface area contributed by atoms with Crippen LogP contribution in [0.4, 0.5) is 0 Å². The number of nitrogens with zero attached hydrogens (tertiary/aromatic N) is 3. The zero-order valence-corrected chi connectivity index (χ0v) is 15.8. The van der Waals surface area contributed by atoms with Crippen LogP contribution in [0.15, 0.2) is 53.1 Å². The second-order valence-corrected chi connectivity index (χ2v) is 6.51. The lowest BCUT2D eigenvalue weighted by atomic mass is 10.1. The van der Waals surface area contributed by atoms with Crippen molar-refractivity contribution in [3.05, 3.63) is 60.0 Å². The Hall–Kier alpha value is -3.35. The number of hydrogen-bond donors (Lipinski definition) is 0. The molecule has 1 amide bonds. The third-order valence-electron chi connectivity index (χ3n) is 4.93. The number of carbonyl (C=O) groups is 1. The van der Waals surface area contributed by atoms with Crippen molar-refractivity contribution in [3.63, 3.8) is 0 Å². The summed E-state index contributed by atoms with van der Waals surface area (Å²) in [5.74, 6) is 2.00. The van der Waals surface area contributed by atoms with Gasteiger partial charge in [-0.3, -0.25) is 4.79 Å². The number of carbonyl (C=O) groups excluding carboxylic acids is 1. The molecule has 0 bridgehead atoms. The fourth-order valence-electron chi connectivity index (χ4n) is 3.55. The minimum atomic E-state index is -0.256. The predicted molar refractivity (Wildman–Crippen MR) is 102 cm³/mol. The minimum Gasteiger partial charge on any atom is -0.496 e. The monoisotopic (exact) mass is 379 g/mol. The Labute approximate surface area is 162 Å². The Morgan fingerprint density at radius 2 is 1.79 bits per heavy atom. The molecule has 0 spiro atoms. The Morgan fingerprint density at radius 3 is 2.57 bits per heavy atom. The van der Waals surface area contributed by atoms with E-state index in [-0.39, 0.29) is 11.9 Å². The second kappa shape index (κ2) is 7.72. The van der Waals surface area contributed by atoms with E-state index in [2.05, 4.69) is 10.1 Å². The number of hydrogen-bond acceptors (Lipinski definition) is 6.